The van der Waals surface area contributed by atoms with Crippen LogP contribution in [0, 0.1) is 5.41 Å². The number of cyclic esters (lactones) is 1. The number of benzene rings is 1. The van der Waals surface area contributed by atoms with Crippen LogP contribution in [0.5, 0.6) is 0 Å². The molecule has 3 rings (SSSR count). The van der Waals surface area contributed by atoms with E-state index in [0.717, 1.165) is 32.5 Å². The summed E-state index contributed by atoms with van der Waals surface area (Å²) in [4.78, 5) is 14.2. The first-order valence-electron chi connectivity index (χ1n) is 8.53. The number of esters is 1. The molecule has 0 N–H and O–H groups in total. The molecule has 22 heavy (non-hydrogen) atoms. The largest absolute Gasteiger partial charge is 0.462 e. The molecule has 1 aromatic rings. The standard InChI is InChI=1S/C19H27NO2/c1-19(2)14-17(22-18(19)21)10-13-20-11-8-16(9-12-20)15-6-4-3-5-7-15/h3-7,16-17H,8-14H2,1-2H3. The number of piperidine rings is 1. The third-order valence-corrected chi connectivity index (χ3v) is 5.19. The van der Waals surface area contributed by atoms with E-state index in [1.54, 1.807) is 0 Å². The molecule has 2 heterocycles. The van der Waals surface area contributed by atoms with Crippen LogP contribution in [0.3, 0.4) is 0 Å². The second-order valence-electron chi connectivity index (χ2n) is 7.43. The van der Waals surface area contributed by atoms with Crippen LogP contribution >= 0.6 is 0 Å². The lowest BCUT2D eigenvalue weighted by Crippen LogP contribution is -2.35. The van der Waals surface area contributed by atoms with Crippen molar-refractivity contribution in [3.05, 3.63) is 35.9 Å². The van der Waals surface area contributed by atoms with Crippen molar-refractivity contribution in [3.8, 4) is 0 Å². The van der Waals surface area contributed by atoms with Crippen LogP contribution in [-0.2, 0) is 9.53 Å². The first kappa shape index (κ1) is 15.5. The second kappa shape index (κ2) is 6.41. The van der Waals surface area contributed by atoms with Crippen molar-refractivity contribution in [2.45, 2.75) is 51.6 Å². The van der Waals surface area contributed by atoms with Gasteiger partial charge in [0.15, 0.2) is 0 Å². The molecule has 0 aromatic heterocycles. The Bertz CT molecular complexity index is 503. The highest BCUT2D eigenvalue weighted by Gasteiger charge is 2.41. The van der Waals surface area contributed by atoms with E-state index in [1.165, 1.54) is 18.4 Å². The fraction of sp³-hybridized carbons (Fsp3) is 0.632. The van der Waals surface area contributed by atoms with Crippen molar-refractivity contribution in [3.63, 3.8) is 0 Å². The molecular weight excluding hydrogens is 274 g/mol. The maximum absolute atomic E-state index is 11.7. The number of likely N-dealkylation sites (tertiary alicyclic amines) is 1. The molecule has 2 aliphatic rings. The van der Waals surface area contributed by atoms with Crippen molar-refractivity contribution in [1.82, 2.24) is 4.90 Å². The van der Waals surface area contributed by atoms with Crippen molar-refractivity contribution in [2.75, 3.05) is 19.6 Å². The number of hydrogen-bond donors (Lipinski definition) is 0. The third-order valence-electron chi connectivity index (χ3n) is 5.19. The van der Waals surface area contributed by atoms with Crippen LogP contribution < -0.4 is 0 Å². The van der Waals surface area contributed by atoms with Crippen molar-refractivity contribution in [1.29, 1.82) is 0 Å². The molecule has 3 heteroatoms. The summed E-state index contributed by atoms with van der Waals surface area (Å²) in [6.07, 6.45) is 4.44. The maximum atomic E-state index is 11.7. The summed E-state index contributed by atoms with van der Waals surface area (Å²) in [7, 11) is 0. The molecule has 1 aromatic carbocycles. The number of carbonyl (C=O) groups excluding carboxylic acids is 1. The Labute approximate surface area is 133 Å². The van der Waals surface area contributed by atoms with Crippen LogP contribution in [0.4, 0.5) is 0 Å². The molecule has 0 radical (unpaired) electrons. The van der Waals surface area contributed by atoms with E-state index < -0.39 is 0 Å². The maximum Gasteiger partial charge on any atom is 0.311 e. The smallest absolute Gasteiger partial charge is 0.311 e. The number of rotatable bonds is 4. The van der Waals surface area contributed by atoms with Gasteiger partial charge in [-0.05, 0) is 64.1 Å². The average Bonchev–Trinajstić information content (AvgIpc) is 2.79. The van der Waals surface area contributed by atoms with Gasteiger partial charge in [0, 0.05) is 6.54 Å². The average molecular weight is 301 g/mol. The van der Waals surface area contributed by atoms with E-state index in [2.05, 4.69) is 35.2 Å². The quantitative estimate of drug-likeness (QED) is 0.796. The molecule has 0 saturated carbocycles. The fourth-order valence-electron chi connectivity index (χ4n) is 3.71. The van der Waals surface area contributed by atoms with Gasteiger partial charge in [-0.1, -0.05) is 30.3 Å². The van der Waals surface area contributed by atoms with Crippen LogP contribution in [0.15, 0.2) is 30.3 Å². The van der Waals surface area contributed by atoms with Gasteiger partial charge in [-0.2, -0.15) is 0 Å². The van der Waals surface area contributed by atoms with E-state index in [-0.39, 0.29) is 17.5 Å². The van der Waals surface area contributed by atoms with Crippen LogP contribution in [0.2, 0.25) is 0 Å². The van der Waals surface area contributed by atoms with Gasteiger partial charge >= 0.3 is 5.97 Å². The highest BCUT2D eigenvalue weighted by Crippen LogP contribution is 2.34. The van der Waals surface area contributed by atoms with Gasteiger partial charge in [0.2, 0.25) is 0 Å². The van der Waals surface area contributed by atoms with E-state index in [1.807, 2.05) is 13.8 Å². The van der Waals surface area contributed by atoms with Crippen LogP contribution in [-0.4, -0.2) is 36.6 Å². The third kappa shape index (κ3) is 3.52. The molecule has 2 saturated heterocycles. The summed E-state index contributed by atoms with van der Waals surface area (Å²) < 4.78 is 5.49. The highest BCUT2D eigenvalue weighted by molar-refractivity contribution is 5.78. The van der Waals surface area contributed by atoms with E-state index in [4.69, 9.17) is 4.74 Å². The lowest BCUT2D eigenvalue weighted by molar-refractivity contribution is -0.147. The molecule has 0 aliphatic carbocycles. The Morgan fingerprint density at radius 1 is 1.18 bits per heavy atom. The van der Waals surface area contributed by atoms with Gasteiger partial charge in [0.1, 0.15) is 6.10 Å². The summed E-state index contributed by atoms with van der Waals surface area (Å²) >= 11 is 0. The van der Waals surface area contributed by atoms with E-state index in [9.17, 15) is 4.79 Å². The van der Waals surface area contributed by atoms with Crippen LogP contribution in [0.25, 0.3) is 0 Å². The molecule has 1 atom stereocenters. The number of carbonyl (C=O) groups is 1. The summed E-state index contributed by atoms with van der Waals surface area (Å²) in [5.74, 6) is 0.681. The number of hydrogen-bond acceptors (Lipinski definition) is 3. The van der Waals surface area contributed by atoms with Gasteiger partial charge in [-0.15, -0.1) is 0 Å². The summed E-state index contributed by atoms with van der Waals surface area (Å²) in [5.41, 5.74) is 1.19. The molecule has 3 nitrogen and oxygen atoms in total. The Kier molecular flexibility index (Phi) is 4.53. The predicted molar refractivity (Wildman–Crippen MR) is 87.8 cm³/mol. The Morgan fingerprint density at radius 3 is 2.45 bits per heavy atom. The van der Waals surface area contributed by atoms with Gasteiger partial charge in [-0.25, -0.2) is 0 Å². The first-order valence-corrected chi connectivity index (χ1v) is 8.53. The van der Waals surface area contributed by atoms with Gasteiger partial charge in [0.05, 0.1) is 5.41 Å². The van der Waals surface area contributed by atoms with Crippen molar-refractivity contribution >= 4 is 5.97 Å². The minimum atomic E-state index is -0.287. The van der Waals surface area contributed by atoms with Crippen molar-refractivity contribution < 1.29 is 9.53 Å². The second-order valence-corrected chi connectivity index (χ2v) is 7.43. The normalized spacial score (nSPS) is 26.1. The molecule has 0 spiro atoms. The number of ether oxygens (including phenoxy) is 1. The lowest BCUT2D eigenvalue weighted by Gasteiger charge is -2.32. The van der Waals surface area contributed by atoms with E-state index in [0.29, 0.717) is 5.92 Å². The summed E-state index contributed by atoms with van der Waals surface area (Å²) in [6.45, 7) is 7.34. The predicted octanol–water partition coefficient (Wildman–Crippen LogP) is 3.60. The zero-order chi connectivity index (χ0) is 15.6. The van der Waals surface area contributed by atoms with E-state index >= 15 is 0 Å². The monoisotopic (exact) mass is 301 g/mol. The van der Waals surface area contributed by atoms with Gasteiger partial charge < -0.3 is 9.64 Å². The fourth-order valence-corrected chi connectivity index (χ4v) is 3.71. The Balaban J connectivity index is 1.42. The molecule has 2 aliphatic heterocycles. The zero-order valence-electron chi connectivity index (χ0n) is 13.8. The highest BCUT2D eigenvalue weighted by atomic mass is 16.6. The molecule has 120 valence electrons. The minimum Gasteiger partial charge on any atom is -0.462 e. The number of nitrogens with zero attached hydrogens (tertiary/aromatic N) is 1. The lowest BCUT2D eigenvalue weighted by atomic mass is 9.88. The SMILES string of the molecule is CC1(C)CC(CCN2CCC(c3ccccc3)CC2)OC1=O. The Hall–Kier alpha value is -1.35. The van der Waals surface area contributed by atoms with Gasteiger partial charge in [0.25, 0.3) is 0 Å². The van der Waals surface area contributed by atoms with Crippen molar-refractivity contribution in [2.24, 2.45) is 5.41 Å². The molecular formula is C19H27NO2. The molecule has 2 fully saturated rings. The molecule has 0 amide bonds. The topological polar surface area (TPSA) is 29.5 Å². The minimum absolute atomic E-state index is 0.0275. The molecule has 0 bridgehead atoms. The zero-order valence-corrected chi connectivity index (χ0v) is 13.8. The van der Waals surface area contributed by atoms with Gasteiger partial charge in [-0.3, -0.25) is 4.79 Å². The Morgan fingerprint density at radius 2 is 1.86 bits per heavy atom. The van der Waals surface area contributed by atoms with Crippen LogP contribution in [0.1, 0.15) is 51.0 Å². The first-order chi connectivity index (χ1) is 10.5. The summed E-state index contributed by atoms with van der Waals surface area (Å²) in [5, 5.41) is 0. The molecule has 1 unspecified atom stereocenters. The summed E-state index contributed by atoms with van der Waals surface area (Å²) in [6, 6.07) is 10.9.